The van der Waals surface area contributed by atoms with Crippen molar-refractivity contribution in [3.8, 4) is 5.75 Å². The topological polar surface area (TPSA) is 66.8 Å². The summed E-state index contributed by atoms with van der Waals surface area (Å²) in [5.41, 5.74) is 1.10. The highest BCUT2D eigenvalue weighted by molar-refractivity contribution is 5.98. The second-order valence-corrected chi connectivity index (χ2v) is 4.60. The molecule has 5 heteroatoms. The zero-order chi connectivity index (χ0) is 13.8. The number of amides is 1. The third-order valence-electron chi connectivity index (χ3n) is 3.43. The summed E-state index contributed by atoms with van der Waals surface area (Å²) >= 11 is 0. The number of methoxy groups -OCH3 is 1. The summed E-state index contributed by atoms with van der Waals surface area (Å²) in [5, 5.41) is 8.88. The molecule has 0 spiro atoms. The van der Waals surface area contributed by atoms with Gasteiger partial charge in [-0.05, 0) is 30.5 Å². The molecule has 1 fully saturated rings. The molecule has 1 unspecified atom stereocenters. The van der Waals surface area contributed by atoms with E-state index in [0.29, 0.717) is 19.5 Å². The first kappa shape index (κ1) is 13.4. The van der Waals surface area contributed by atoms with Crippen molar-refractivity contribution in [3.63, 3.8) is 0 Å². The molecular formula is C14H17NO4. The second-order valence-electron chi connectivity index (χ2n) is 4.60. The summed E-state index contributed by atoms with van der Waals surface area (Å²) in [6, 6.07) is 7.66. The van der Waals surface area contributed by atoms with Gasteiger partial charge in [-0.15, -0.1) is 0 Å². The van der Waals surface area contributed by atoms with Crippen molar-refractivity contribution in [3.05, 3.63) is 29.8 Å². The summed E-state index contributed by atoms with van der Waals surface area (Å²) in [6.45, 7) is 1.10. The van der Waals surface area contributed by atoms with Gasteiger partial charge in [0.15, 0.2) is 0 Å². The number of rotatable bonds is 5. The highest BCUT2D eigenvalue weighted by Crippen LogP contribution is 2.19. The maximum absolute atomic E-state index is 11.8. The lowest BCUT2D eigenvalue weighted by atomic mass is 10.1. The first-order valence-electron chi connectivity index (χ1n) is 6.26. The largest absolute Gasteiger partial charge is 0.497 e. The van der Waals surface area contributed by atoms with Crippen LogP contribution in [0, 0.1) is 5.92 Å². The number of carbonyl (C=O) groups excluding carboxylic acids is 1. The fourth-order valence-corrected chi connectivity index (χ4v) is 2.25. The van der Waals surface area contributed by atoms with Gasteiger partial charge in [-0.1, -0.05) is 12.1 Å². The summed E-state index contributed by atoms with van der Waals surface area (Å²) in [5.74, 6) is -1.33. The molecule has 0 aliphatic carbocycles. The van der Waals surface area contributed by atoms with Crippen molar-refractivity contribution < 1.29 is 19.4 Å². The molecule has 1 heterocycles. The van der Waals surface area contributed by atoms with E-state index < -0.39 is 11.9 Å². The Balaban J connectivity index is 1.89. The van der Waals surface area contributed by atoms with Crippen LogP contribution in [0.3, 0.4) is 0 Å². The number of likely N-dealkylation sites (tertiary alicyclic amines) is 1. The van der Waals surface area contributed by atoms with Gasteiger partial charge in [-0.2, -0.15) is 0 Å². The fraction of sp³-hybridized carbons (Fsp3) is 0.429. The molecule has 1 aromatic rings. The van der Waals surface area contributed by atoms with Crippen LogP contribution in [-0.2, 0) is 16.0 Å². The van der Waals surface area contributed by atoms with Gasteiger partial charge >= 0.3 is 5.97 Å². The standard InChI is InChI=1S/C14H17NO4/c1-19-11-4-2-10(3-5-11)6-8-15-9-7-12(13(15)16)14(17)18/h2-5,12H,6-9H2,1H3,(H,17,18). The van der Waals surface area contributed by atoms with Crippen LogP contribution in [0.1, 0.15) is 12.0 Å². The van der Waals surface area contributed by atoms with Gasteiger partial charge in [0.25, 0.3) is 0 Å². The van der Waals surface area contributed by atoms with Gasteiger partial charge in [0.05, 0.1) is 7.11 Å². The molecule has 1 aliphatic rings. The molecule has 0 radical (unpaired) electrons. The molecule has 19 heavy (non-hydrogen) atoms. The predicted molar refractivity (Wildman–Crippen MR) is 69.0 cm³/mol. The Hall–Kier alpha value is -2.04. The van der Waals surface area contributed by atoms with Crippen LogP contribution < -0.4 is 4.74 Å². The smallest absolute Gasteiger partial charge is 0.316 e. The predicted octanol–water partition coefficient (Wildman–Crippen LogP) is 1.17. The number of hydrogen-bond acceptors (Lipinski definition) is 3. The average molecular weight is 263 g/mol. The Labute approximate surface area is 111 Å². The maximum atomic E-state index is 11.8. The van der Waals surface area contributed by atoms with Crippen molar-refractivity contribution in [1.82, 2.24) is 4.90 Å². The number of hydrogen-bond donors (Lipinski definition) is 1. The van der Waals surface area contributed by atoms with Crippen LogP contribution in [0.5, 0.6) is 5.75 Å². The van der Waals surface area contributed by atoms with Gasteiger partial charge in [-0.3, -0.25) is 9.59 Å². The van der Waals surface area contributed by atoms with E-state index in [1.807, 2.05) is 24.3 Å². The van der Waals surface area contributed by atoms with Crippen LogP contribution in [0.4, 0.5) is 0 Å². The van der Waals surface area contributed by atoms with Crippen LogP contribution >= 0.6 is 0 Å². The quantitative estimate of drug-likeness (QED) is 0.810. The zero-order valence-corrected chi connectivity index (χ0v) is 10.8. The number of ether oxygens (including phenoxy) is 1. The first-order chi connectivity index (χ1) is 9.11. The van der Waals surface area contributed by atoms with Crippen LogP contribution in [0.2, 0.25) is 0 Å². The Kier molecular flexibility index (Phi) is 4.04. The lowest BCUT2D eigenvalue weighted by molar-refractivity contribution is -0.147. The molecule has 2 rings (SSSR count). The SMILES string of the molecule is COc1ccc(CCN2CCC(C(=O)O)C2=O)cc1. The Morgan fingerprint density at radius 3 is 2.63 bits per heavy atom. The number of carbonyl (C=O) groups is 2. The van der Waals surface area contributed by atoms with Crippen LogP contribution in [-0.4, -0.2) is 42.1 Å². The minimum atomic E-state index is -1.02. The van der Waals surface area contributed by atoms with Crippen LogP contribution in [0.25, 0.3) is 0 Å². The minimum Gasteiger partial charge on any atom is -0.497 e. The Morgan fingerprint density at radius 1 is 1.42 bits per heavy atom. The lowest BCUT2D eigenvalue weighted by Crippen LogP contribution is -2.31. The van der Waals surface area contributed by atoms with E-state index in [1.54, 1.807) is 12.0 Å². The van der Waals surface area contributed by atoms with Gasteiger partial charge in [0.1, 0.15) is 11.7 Å². The Bertz CT molecular complexity index is 469. The number of carboxylic acids is 1. The molecule has 102 valence electrons. The summed E-state index contributed by atoms with van der Waals surface area (Å²) in [6.07, 6.45) is 1.14. The Morgan fingerprint density at radius 2 is 2.11 bits per heavy atom. The molecule has 5 nitrogen and oxygen atoms in total. The molecule has 1 atom stereocenters. The van der Waals surface area contributed by atoms with Crippen molar-refractivity contribution >= 4 is 11.9 Å². The van der Waals surface area contributed by atoms with E-state index in [9.17, 15) is 9.59 Å². The molecular weight excluding hydrogens is 246 g/mol. The number of nitrogens with zero attached hydrogens (tertiary/aromatic N) is 1. The van der Waals surface area contributed by atoms with Crippen molar-refractivity contribution in [2.24, 2.45) is 5.92 Å². The van der Waals surface area contributed by atoms with Crippen molar-refractivity contribution in [1.29, 1.82) is 0 Å². The third-order valence-corrected chi connectivity index (χ3v) is 3.43. The monoisotopic (exact) mass is 263 g/mol. The molecule has 1 N–H and O–H groups in total. The van der Waals surface area contributed by atoms with E-state index in [1.165, 1.54) is 0 Å². The second kappa shape index (κ2) is 5.73. The highest BCUT2D eigenvalue weighted by atomic mass is 16.5. The lowest BCUT2D eigenvalue weighted by Gasteiger charge is -2.15. The number of benzene rings is 1. The maximum Gasteiger partial charge on any atom is 0.316 e. The van der Waals surface area contributed by atoms with Gasteiger partial charge < -0.3 is 14.7 Å². The summed E-state index contributed by atoms with van der Waals surface area (Å²) in [4.78, 5) is 24.3. The van der Waals surface area contributed by atoms with Gasteiger partial charge in [0, 0.05) is 13.1 Å². The van der Waals surface area contributed by atoms with E-state index in [2.05, 4.69) is 0 Å². The summed E-state index contributed by atoms with van der Waals surface area (Å²) < 4.78 is 5.07. The molecule has 1 saturated heterocycles. The van der Waals surface area contributed by atoms with Gasteiger partial charge in [-0.25, -0.2) is 0 Å². The van der Waals surface area contributed by atoms with Crippen LogP contribution in [0.15, 0.2) is 24.3 Å². The first-order valence-corrected chi connectivity index (χ1v) is 6.26. The fourth-order valence-electron chi connectivity index (χ4n) is 2.25. The van der Waals surface area contributed by atoms with E-state index in [-0.39, 0.29) is 5.91 Å². The molecule has 0 aromatic heterocycles. The molecule has 1 amide bonds. The molecule has 1 aromatic carbocycles. The van der Waals surface area contributed by atoms with E-state index in [4.69, 9.17) is 9.84 Å². The van der Waals surface area contributed by atoms with E-state index in [0.717, 1.165) is 17.7 Å². The number of aliphatic carboxylic acids is 1. The number of carboxylic acid groups (broad SMARTS) is 1. The van der Waals surface area contributed by atoms with Gasteiger partial charge in [0.2, 0.25) is 5.91 Å². The molecule has 1 aliphatic heterocycles. The average Bonchev–Trinajstić information content (AvgIpc) is 2.78. The normalized spacial score (nSPS) is 18.7. The molecule has 0 bridgehead atoms. The zero-order valence-electron chi connectivity index (χ0n) is 10.8. The molecule has 0 saturated carbocycles. The van der Waals surface area contributed by atoms with Crippen molar-refractivity contribution in [2.45, 2.75) is 12.8 Å². The minimum absolute atomic E-state index is 0.263. The van der Waals surface area contributed by atoms with Crippen molar-refractivity contribution in [2.75, 3.05) is 20.2 Å². The highest BCUT2D eigenvalue weighted by Gasteiger charge is 2.36. The summed E-state index contributed by atoms with van der Waals surface area (Å²) in [7, 11) is 1.62. The third kappa shape index (κ3) is 3.05. The van der Waals surface area contributed by atoms with E-state index >= 15 is 0 Å².